The van der Waals surface area contributed by atoms with E-state index >= 15 is 0 Å². The fourth-order valence-electron chi connectivity index (χ4n) is 2.32. The lowest BCUT2D eigenvalue weighted by Gasteiger charge is -2.62. The van der Waals surface area contributed by atoms with Crippen LogP contribution in [0.2, 0.25) is 0 Å². The molecule has 1 aliphatic rings. The second kappa shape index (κ2) is 4.51. The second-order valence-electron chi connectivity index (χ2n) is 6.29. The van der Waals surface area contributed by atoms with Gasteiger partial charge in [-0.3, -0.25) is 4.99 Å². The molecule has 106 valence electrons. The van der Waals surface area contributed by atoms with E-state index in [0.717, 1.165) is 18.3 Å². The largest absolute Gasteiger partial charge is 0.349 e. The standard InChI is InChI=1S/C13H24N6/c1-12(2)8-19(13(12,3)4)11(14-5)15-7-10-17-16-9-18(10)6/h9H,7-8H2,1-6H3,(H,14,15). The fraction of sp³-hybridized carbons (Fsp3) is 0.769. The van der Waals surface area contributed by atoms with Crippen molar-refractivity contribution in [2.24, 2.45) is 17.5 Å². The number of nitrogens with zero attached hydrogens (tertiary/aromatic N) is 5. The minimum Gasteiger partial charge on any atom is -0.349 e. The molecule has 19 heavy (non-hydrogen) atoms. The summed E-state index contributed by atoms with van der Waals surface area (Å²) in [5, 5.41) is 11.3. The van der Waals surface area contributed by atoms with Crippen LogP contribution in [-0.4, -0.2) is 44.8 Å². The van der Waals surface area contributed by atoms with Crippen LogP contribution in [0.1, 0.15) is 33.5 Å². The number of rotatable bonds is 2. The van der Waals surface area contributed by atoms with E-state index in [1.165, 1.54) is 0 Å². The first-order valence-electron chi connectivity index (χ1n) is 6.61. The molecule has 0 saturated carbocycles. The van der Waals surface area contributed by atoms with Gasteiger partial charge >= 0.3 is 0 Å². The molecule has 2 heterocycles. The summed E-state index contributed by atoms with van der Waals surface area (Å²) in [5.74, 6) is 1.83. The third-order valence-electron chi connectivity index (χ3n) is 4.56. The highest BCUT2D eigenvalue weighted by Gasteiger charge is 2.53. The summed E-state index contributed by atoms with van der Waals surface area (Å²) in [6.07, 6.45) is 1.70. The molecule has 0 radical (unpaired) electrons. The molecular weight excluding hydrogens is 240 g/mol. The molecule has 1 saturated heterocycles. The predicted molar refractivity (Wildman–Crippen MR) is 75.8 cm³/mol. The molecule has 0 bridgehead atoms. The summed E-state index contributed by atoms with van der Waals surface area (Å²) in [4.78, 5) is 6.68. The second-order valence-corrected chi connectivity index (χ2v) is 6.29. The van der Waals surface area contributed by atoms with Gasteiger partial charge in [0.15, 0.2) is 11.8 Å². The van der Waals surface area contributed by atoms with Gasteiger partial charge in [0.1, 0.15) is 6.33 Å². The van der Waals surface area contributed by atoms with Crippen molar-refractivity contribution in [2.45, 2.75) is 39.8 Å². The zero-order valence-corrected chi connectivity index (χ0v) is 12.7. The van der Waals surface area contributed by atoms with Gasteiger partial charge in [-0.2, -0.15) is 0 Å². The van der Waals surface area contributed by atoms with Gasteiger partial charge < -0.3 is 14.8 Å². The van der Waals surface area contributed by atoms with Crippen molar-refractivity contribution in [1.82, 2.24) is 25.0 Å². The van der Waals surface area contributed by atoms with Gasteiger partial charge in [-0.15, -0.1) is 10.2 Å². The van der Waals surface area contributed by atoms with E-state index in [9.17, 15) is 0 Å². The van der Waals surface area contributed by atoms with Gasteiger partial charge in [-0.05, 0) is 13.8 Å². The fourth-order valence-corrected chi connectivity index (χ4v) is 2.32. The maximum atomic E-state index is 4.37. The Balaban J connectivity index is 2.02. The molecule has 1 aromatic rings. The van der Waals surface area contributed by atoms with E-state index < -0.39 is 0 Å². The number of guanidine groups is 1. The van der Waals surface area contributed by atoms with Crippen molar-refractivity contribution in [3.05, 3.63) is 12.2 Å². The highest BCUT2D eigenvalue weighted by atomic mass is 15.4. The monoisotopic (exact) mass is 264 g/mol. The molecule has 6 nitrogen and oxygen atoms in total. The lowest BCUT2D eigenvalue weighted by molar-refractivity contribution is -0.0668. The average molecular weight is 264 g/mol. The Hall–Kier alpha value is -1.59. The van der Waals surface area contributed by atoms with Crippen LogP contribution < -0.4 is 5.32 Å². The molecule has 1 aliphatic heterocycles. The Bertz CT molecular complexity index is 485. The van der Waals surface area contributed by atoms with Crippen molar-refractivity contribution in [3.8, 4) is 0 Å². The van der Waals surface area contributed by atoms with Crippen molar-refractivity contribution < 1.29 is 0 Å². The van der Waals surface area contributed by atoms with E-state index in [4.69, 9.17) is 0 Å². The summed E-state index contributed by atoms with van der Waals surface area (Å²) >= 11 is 0. The molecule has 0 aromatic carbocycles. The first-order valence-corrected chi connectivity index (χ1v) is 6.61. The van der Waals surface area contributed by atoms with Crippen LogP contribution in [-0.2, 0) is 13.6 Å². The molecular formula is C13H24N6. The van der Waals surface area contributed by atoms with Gasteiger partial charge in [0.25, 0.3) is 0 Å². The molecule has 0 amide bonds. The summed E-state index contributed by atoms with van der Waals surface area (Å²) in [5.41, 5.74) is 0.407. The van der Waals surface area contributed by atoms with Crippen molar-refractivity contribution in [3.63, 3.8) is 0 Å². The number of hydrogen-bond acceptors (Lipinski definition) is 3. The average Bonchev–Trinajstić information content (AvgIpc) is 2.74. The van der Waals surface area contributed by atoms with Crippen LogP contribution in [0.25, 0.3) is 0 Å². The lowest BCUT2D eigenvalue weighted by atomic mass is 9.65. The van der Waals surface area contributed by atoms with Crippen molar-refractivity contribution >= 4 is 5.96 Å². The lowest BCUT2D eigenvalue weighted by Crippen LogP contribution is -2.72. The molecule has 1 aromatic heterocycles. The summed E-state index contributed by atoms with van der Waals surface area (Å²) in [6.45, 7) is 10.7. The molecule has 0 aliphatic carbocycles. The molecule has 0 atom stereocenters. The Morgan fingerprint density at radius 1 is 1.42 bits per heavy atom. The van der Waals surface area contributed by atoms with Crippen LogP contribution in [0.15, 0.2) is 11.3 Å². The first kappa shape index (κ1) is 13.8. The highest BCUT2D eigenvalue weighted by Crippen LogP contribution is 2.46. The maximum Gasteiger partial charge on any atom is 0.194 e. The van der Waals surface area contributed by atoms with Crippen LogP contribution in [0.3, 0.4) is 0 Å². The minimum atomic E-state index is 0.106. The highest BCUT2D eigenvalue weighted by molar-refractivity contribution is 5.81. The number of nitrogens with one attached hydrogen (secondary N) is 1. The Morgan fingerprint density at radius 2 is 2.11 bits per heavy atom. The Labute approximate surface area is 114 Å². The molecule has 0 unspecified atom stereocenters. The zero-order chi connectivity index (χ0) is 14.3. The minimum absolute atomic E-state index is 0.106. The third-order valence-corrected chi connectivity index (χ3v) is 4.56. The van der Waals surface area contributed by atoms with Crippen LogP contribution in [0, 0.1) is 5.41 Å². The van der Waals surface area contributed by atoms with Crippen LogP contribution in [0.4, 0.5) is 0 Å². The summed E-state index contributed by atoms with van der Waals surface area (Å²) < 4.78 is 1.91. The van der Waals surface area contributed by atoms with Crippen molar-refractivity contribution in [2.75, 3.05) is 13.6 Å². The summed E-state index contributed by atoms with van der Waals surface area (Å²) in [7, 11) is 3.76. The number of hydrogen-bond donors (Lipinski definition) is 1. The topological polar surface area (TPSA) is 58.3 Å². The molecule has 6 heteroatoms. The Morgan fingerprint density at radius 3 is 2.53 bits per heavy atom. The predicted octanol–water partition coefficient (Wildman–Crippen LogP) is 1.01. The quantitative estimate of drug-likeness (QED) is 0.640. The third kappa shape index (κ3) is 2.19. The number of aromatic nitrogens is 3. The van der Waals surface area contributed by atoms with E-state index in [-0.39, 0.29) is 5.54 Å². The van der Waals surface area contributed by atoms with E-state index in [2.05, 4.69) is 53.1 Å². The number of aliphatic imine (C=N–C) groups is 1. The van der Waals surface area contributed by atoms with E-state index in [1.54, 1.807) is 6.33 Å². The molecule has 2 rings (SSSR count). The van der Waals surface area contributed by atoms with Gasteiger partial charge in [0.2, 0.25) is 0 Å². The van der Waals surface area contributed by atoms with Gasteiger partial charge in [-0.1, -0.05) is 13.8 Å². The SMILES string of the molecule is CN=C(NCc1nncn1C)N1CC(C)(C)C1(C)C. The zero-order valence-electron chi connectivity index (χ0n) is 12.7. The van der Waals surface area contributed by atoms with Crippen LogP contribution in [0.5, 0.6) is 0 Å². The molecule has 1 N–H and O–H groups in total. The van der Waals surface area contributed by atoms with E-state index in [1.807, 2.05) is 18.7 Å². The number of likely N-dealkylation sites (tertiary alicyclic amines) is 1. The Kier molecular flexibility index (Phi) is 3.28. The van der Waals surface area contributed by atoms with Crippen LogP contribution >= 0.6 is 0 Å². The van der Waals surface area contributed by atoms with E-state index in [0.29, 0.717) is 12.0 Å². The molecule has 1 fully saturated rings. The normalized spacial score (nSPS) is 21.2. The first-order chi connectivity index (χ1) is 8.79. The van der Waals surface area contributed by atoms with Gasteiger partial charge in [-0.25, -0.2) is 0 Å². The maximum absolute atomic E-state index is 4.37. The smallest absolute Gasteiger partial charge is 0.194 e. The van der Waals surface area contributed by atoms with Gasteiger partial charge in [0.05, 0.1) is 6.54 Å². The molecule has 0 spiro atoms. The summed E-state index contributed by atoms with van der Waals surface area (Å²) in [6, 6.07) is 0. The van der Waals surface area contributed by atoms with Crippen molar-refractivity contribution in [1.29, 1.82) is 0 Å². The number of aryl methyl sites for hydroxylation is 1. The van der Waals surface area contributed by atoms with Gasteiger partial charge in [0, 0.05) is 31.6 Å².